The summed E-state index contributed by atoms with van der Waals surface area (Å²) in [5, 5.41) is 15.7. The van der Waals surface area contributed by atoms with Crippen molar-refractivity contribution in [3.63, 3.8) is 0 Å². The Morgan fingerprint density at radius 2 is 1.97 bits per heavy atom. The minimum absolute atomic E-state index is 0.0864. The normalized spacial score (nSPS) is 10.7. The lowest BCUT2D eigenvalue weighted by Gasteiger charge is -2.11. The number of anilines is 3. The molecule has 0 radical (unpaired) electrons. The molecule has 0 aliphatic rings. The Kier molecular flexibility index (Phi) is 6.91. The van der Waals surface area contributed by atoms with Crippen LogP contribution in [-0.2, 0) is 4.79 Å². The second kappa shape index (κ2) is 10.0. The Morgan fingerprint density at radius 3 is 2.74 bits per heavy atom. The van der Waals surface area contributed by atoms with Crippen molar-refractivity contribution in [2.45, 2.75) is 6.92 Å². The van der Waals surface area contributed by atoms with E-state index in [1.165, 1.54) is 23.5 Å². The minimum Gasteiger partial charge on any atom is -0.482 e. The fourth-order valence-electron chi connectivity index (χ4n) is 2.82. The zero-order valence-electron chi connectivity index (χ0n) is 17.3. The number of hydrogen-bond donors (Lipinski definition) is 3. The van der Waals surface area contributed by atoms with Crippen molar-refractivity contribution < 1.29 is 14.5 Å². The lowest BCUT2D eigenvalue weighted by atomic mass is 10.2. The summed E-state index contributed by atoms with van der Waals surface area (Å²) in [6, 6.07) is 10.3. The van der Waals surface area contributed by atoms with Crippen molar-refractivity contribution in [1.82, 2.24) is 20.4 Å². The SMILES string of the molecule is Cc1ccc2nc(Nc3ncnc(NNC(=O)COc4ccc(Cl)cc4Cl)c3[N+](=O)[O-])sc2c1. The number of carbonyl (C=O) groups is 1. The molecule has 2 aromatic heterocycles. The van der Waals surface area contributed by atoms with Crippen LogP contribution < -0.4 is 20.9 Å². The number of ether oxygens (including phenoxy) is 1. The predicted molar refractivity (Wildman–Crippen MR) is 130 cm³/mol. The molecule has 4 rings (SSSR count). The first-order valence-electron chi connectivity index (χ1n) is 9.56. The van der Waals surface area contributed by atoms with Gasteiger partial charge >= 0.3 is 5.69 Å². The largest absolute Gasteiger partial charge is 0.482 e. The third-order valence-electron chi connectivity index (χ3n) is 4.35. The molecule has 0 bridgehead atoms. The number of aromatic nitrogens is 3. The smallest absolute Gasteiger partial charge is 0.355 e. The van der Waals surface area contributed by atoms with Gasteiger partial charge < -0.3 is 10.1 Å². The summed E-state index contributed by atoms with van der Waals surface area (Å²) in [4.78, 5) is 35.5. The zero-order valence-corrected chi connectivity index (χ0v) is 19.7. The number of rotatable bonds is 8. The molecule has 0 saturated carbocycles. The summed E-state index contributed by atoms with van der Waals surface area (Å²) in [7, 11) is 0. The van der Waals surface area contributed by atoms with Gasteiger partial charge in [-0.15, -0.1) is 0 Å². The maximum Gasteiger partial charge on any atom is 0.355 e. The summed E-state index contributed by atoms with van der Waals surface area (Å²) in [6.45, 7) is 1.55. The quantitative estimate of drug-likeness (QED) is 0.219. The molecule has 0 aliphatic carbocycles. The Morgan fingerprint density at radius 1 is 1.18 bits per heavy atom. The van der Waals surface area contributed by atoms with Crippen LogP contribution in [0.25, 0.3) is 10.2 Å². The minimum atomic E-state index is -0.668. The fourth-order valence-corrected chi connectivity index (χ4v) is 4.25. The molecule has 174 valence electrons. The van der Waals surface area contributed by atoms with Crippen LogP contribution in [0.3, 0.4) is 0 Å². The number of nitrogens with one attached hydrogen (secondary N) is 3. The molecule has 2 aromatic carbocycles. The van der Waals surface area contributed by atoms with Crippen molar-refractivity contribution in [2.75, 3.05) is 17.3 Å². The van der Waals surface area contributed by atoms with E-state index in [0.717, 1.165) is 22.1 Å². The van der Waals surface area contributed by atoms with Gasteiger partial charge in [0.2, 0.25) is 11.6 Å². The first kappa shape index (κ1) is 23.4. The first-order valence-corrected chi connectivity index (χ1v) is 11.1. The molecule has 11 nitrogen and oxygen atoms in total. The van der Waals surface area contributed by atoms with Gasteiger partial charge in [-0.25, -0.2) is 15.0 Å². The van der Waals surface area contributed by atoms with Crippen molar-refractivity contribution in [2.24, 2.45) is 0 Å². The van der Waals surface area contributed by atoms with E-state index >= 15 is 0 Å². The number of fused-ring (bicyclic) bond motifs is 1. The Bertz CT molecular complexity index is 1400. The van der Waals surface area contributed by atoms with E-state index in [0.29, 0.717) is 10.2 Å². The van der Waals surface area contributed by atoms with Crippen LogP contribution in [0.1, 0.15) is 5.56 Å². The summed E-state index contributed by atoms with van der Waals surface area (Å²) in [5.41, 5.74) is 6.08. The molecule has 0 spiro atoms. The molecule has 4 aromatic rings. The number of aryl methyl sites for hydroxylation is 1. The molecule has 0 atom stereocenters. The van der Waals surface area contributed by atoms with Crippen molar-refractivity contribution in [3.05, 3.63) is 68.4 Å². The summed E-state index contributed by atoms with van der Waals surface area (Å²) in [5.74, 6) is -0.684. The van der Waals surface area contributed by atoms with Crippen LogP contribution in [-0.4, -0.2) is 32.4 Å². The van der Waals surface area contributed by atoms with Crippen LogP contribution in [0.4, 0.5) is 22.5 Å². The molecule has 0 saturated heterocycles. The molecule has 3 N–H and O–H groups in total. The molecule has 14 heteroatoms. The van der Waals surface area contributed by atoms with Gasteiger partial charge in [-0.3, -0.25) is 25.8 Å². The Labute approximate surface area is 206 Å². The summed E-state index contributed by atoms with van der Waals surface area (Å²) < 4.78 is 6.25. The van der Waals surface area contributed by atoms with E-state index in [2.05, 4.69) is 31.1 Å². The highest BCUT2D eigenvalue weighted by atomic mass is 35.5. The van der Waals surface area contributed by atoms with Crippen LogP contribution in [0.15, 0.2) is 42.7 Å². The molecular formula is C20H15Cl2N7O4S. The second-order valence-corrected chi connectivity index (χ2v) is 8.70. The lowest BCUT2D eigenvalue weighted by Crippen LogP contribution is -2.34. The second-order valence-electron chi connectivity index (χ2n) is 6.83. The zero-order chi connectivity index (χ0) is 24.2. The molecule has 0 aliphatic heterocycles. The van der Waals surface area contributed by atoms with Crippen LogP contribution >= 0.6 is 34.5 Å². The van der Waals surface area contributed by atoms with E-state index in [1.54, 1.807) is 6.07 Å². The average Bonchev–Trinajstić information content (AvgIpc) is 3.18. The van der Waals surface area contributed by atoms with E-state index in [9.17, 15) is 14.9 Å². The number of hydrazine groups is 1. The maximum absolute atomic E-state index is 12.1. The van der Waals surface area contributed by atoms with Gasteiger partial charge in [0.05, 0.1) is 20.2 Å². The van der Waals surface area contributed by atoms with E-state index in [1.807, 2.05) is 25.1 Å². The van der Waals surface area contributed by atoms with Gasteiger partial charge in [0, 0.05) is 5.02 Å². The van der Waals surface area contributed by atoms with Crippen LogP contribution in [0.5, 0.6) is 5.75 Å². The molecule has 2 heterocycles. The highest BCUT2D eigenvalue weighted by molar-refractivity contribution is 7.22. The predicted octanol–water partition coefficient (Wildman–Crippen LogP) is 4.88. The van der Waals surface area contributed by atoms with Gasteiger partial charge in [-0.05, 0) is 42.8 Å². The van der Waals surface area contributed by atoms with Gasteiger partial charge in [-0.2, -0.15) is 0 Å². The number of nitro groups is 1. The third kappa shape index (κ3) is 5.42. The highest BCUT2D eigenvalue weighted by Gasteiger charge is 2.24. The standard InChI is InChI=1S/C20H15Cl2N7O4S/c1-10-2-4-13-15(6-10)34-20(25-13)26-18-17(29(31)32)19(24-9-23-18)28-27-16(30)8-33-14-5-3-11(21)7-12(14)22/h2-7,9H,8H2,1H3,(H,27,30)(H2,23,24,25,26,28). The van der Waals surface area contributed by atoms with Gasteiger partial charge in [0.15, 0.2) is 11.7 Å². The van der Waals surface area contributed by atoms with Crippen LogP contribution in [0, 0.1) is 17.0 Å². The Balaban J connectivity index is 1.46. The third-order valence-corrected chi connectivity index (χ3v) is 5.81. The van der Waals surface area contributed by atoms with E-state index < -0.39 is 23.1 Å². The molecule has 0 unspecified atom stereocenters. The van der Waals surface area contributed by atoms with Crippen molar-refractivity contribution in [3.8, 4) is 5.75 Å². The number of carbonyl (C=O) groups excluding carboxylic acids is 1. The average molecular weight is 520 g/mol. The van der Waals surface area contributed by atoms with Crippen molar-refractivity contribution >= 4 is 73.1 Å². The van der Waals surface area contributed by atoms with Gasteiger partial charge in [0.1, 0.15) is 12.1 Å². The first-order chi connectivity index (χ1) is 16.3. The van der Waals surface area contributed by atoms with Gasteiger partial charge in [-0.1, -0.05) is 40.6 Å². The number of benzene rings is 2. The summed E-state index contributed by atoms with van der Waals surface area (Å²) >= 11 is 13.1. The number of thiazole rings is 1. The number of amides is 1. The van der Waals surface area contributed by atoms with Gasteiger partial charge in [0.25, 0.3) is 5.91 Å². The topological polar surface area (TPSA) is 144 Å². The molecular weight excluding hydrogens is 505 g/mol. The summed E-state index contributed by atoms with van der Waals surface area (Å²) in [6.07, 6.45) is 1.12. The number of halogens is 2. The molecule has 0 fully saturated rings. The number of hydrogen-bond acceptors (Lipinski definition) is 10. The maximum atomic E-state index is 12.1. The fraction of sp³-hybridized carbons (Fsp3) is 0.100. The lowest BCUT2D eigenvalue weighted by molar-refractivity contribution is -0.383. The van der Waals surface area contributed by atoms with E-state index in [4.69, 9.17) is 27.9 Å². The van der Waals surface area contributed by atoms with Crippen LogP contribution in [0.2, 0.25) is 10.0 Å². The number of nitrogens with zero attached hydrogens (tertiary/aromatic N) is 4. The monoisotopic (exact) mass is 519 g/mol. The van der Waals surface area contributed by atoms with Crippen molar-refractivity contribution in [1.29, 1.82) is 0 Å². The Hall–Kier alpha value is -3.74. The highest BCUT2D eigenvalue weighted by Crippen LogP contribution is 2.34. The van der Waals surface area contributed by atoms with E-state index in [-0.39, 0.29) is 22.4 Å². The molecule has 34 heavy (non-hydrogen) atoms. The molecule has 1 amide bonds.